The molecule has 36 valence electrons. The van der Waals surface area contributed by atoms with Crippen molar-refractivity contribution in [3.05, 3.63) is 0 Å². The van der Waals surface area contributed by atoms with Crippen molar-refractivity contribution in [1.29, 1.82) is 1.43 Å². The molecule has 2 N–H and O–H groups in total. The summed E-state index contributed by atoms with van der Waals surface area (Å²) in [5.41, 5.74) is 0. The van der Waals surface area contributed by atoms with Crippen LogP contribution < -0.4 is 0 Å². The summed E-state index contributed by atoms with van der Waals surface area (Å²) >= 11 is 0. The van der Waals surface area contributed by atoms with E-state index >= 15 is 0 Å². The summed E-state index contributed by atoms with van der Waals surface area (Å²) in [5, 5.41) is 11.0. The standard InChI is InChI=1S/C2H4O3.W/c3-1-2(4)5;/h3H,1H2,(H,4,5);/i/hD. The van der Waals surface area contributed by atoms with Gasteiger partial charge in [0.1, 0.15) is 6.61 Å². The second-order valence-corrected chi connectivity index (χ2v) is 0.530. The van der Waals surface area contributed by atoms with E-state index in [2.05, 4.69) is 5.11 Å². The van der Waals surface area contributed by atoms with Crippen LogP contribution in [0.2, 0.25) is 0 Å². The van der Waals surface area contributed by atoms with Gasteiger partial charge in [0.15, 0.2) is 0 Å². The van der Waals surface area contributed by atoms with Crippen LogP contribution >= 0.6 is 0 Å². The minimum absolute atomic E-state index is 0. The molecule has 0 heterocycles. The third kappa shape index (κ3) is 8.92. The second kappa shape index (κ2) is 5.12. The smallest absolute Gasteiger partial charge is 0.329 e. The monoisotopic (exact) mass is 261 g/mol. The quantitative estimate of drug-likeness (QED) is 0.640. The van der Waals surface area contributed by atoms with Crippen molar-refractivity contribution in [1.82, 2.24) is 0 Å². The maximum Gasteiger partial charge on any atom is 0.329 e. The Morgan fingerprint density at radius 2 is 2.50 bits per heavy atom. The van der Waals surface area contributed by atoms with E-state index in [0.29, 0.717) is 0 Å². The van der Waals surface area contributed by atoms with Crippen LogP contribution in [0, 0.1) is 0 Å². The van der Waals surface area contributed by atoms with Crippen LogP contribution in [0.5, 0.6) is 0 Å². The zero-order valence-corrected chi connectivity index (χ0v) is 5.81. The first-order valence-electron chi connectivity index (χ1n) is 1.49. The number of carboxylic acids is 1. The van der Waals surface area contributed by atoms with Gasteiger partial charge in [-0.3, -0.25) is 0 Å². The molecule has 0 atom stereocenters. The van der Waals surface area contributed by atoms with Crippen molar-refractivity contribution in [2.24, 2.45) is 0 Å². The van der Waals surface area contributed by atoms with Gasteiger partial charge in [0.05, 0.1) is 0 Å². The number of hydrogen-bond acceptors (Lipinski definition) is 3. The number of aliphatic hydroxyl groups is 1. The molecule has 4 heteroatoms. The zero-order chi connectivity index (χ0) is 4.99. The third-order valence-corrected chi connectivity index (χ3v) is 0.129. The Hall–Kier alpha value is 0.118. The summed E-state index contributed by atoms with van der Waals surface area (Å²) in [7, 11) is 0. The zero-order valence-electron chi connectivity index (χ0n) is 3.88. The molecule has 0 spiro atoms. The van der Waals surface area contributed by atoms with Crippen LogP contribution in [-0.2, 0) is 25.9 Å². The first kappa shape index (κ1) is 6.12. The summed E-state index contributed by atoms with van der Waals surface area (Å²) in [5.74, 6) is -0.935. The molecule has 0 unspecified atom stereocenters. The Morgan fingerprint density at radius 1 is 2.00 bits per heavy atom. The van der Waals surface area contributed by atoms with E-state index in [9.17, 15) is 4.79 Å². The van der Waals surface area contributed by atoms with E-state index < -0.39 is 12.6 Å². The third-order valence-electron chi connectivity index (χ3n) is 0.129. The fourth-order valence-electron chi connectivity index (χ4n) is 0. The molecule has 0 saturated carbocycles. The summed E-state index contributed by atoms with van der Waals surface area (Å²) < 4.78 is 5.80. The topological polar surface area (TPSA) is 57.5 Å². The van der Waals surface area contributed by atoms with Gasteiger partial charge in [-0.05, 0) is 0 Å². The van der Waals surface area contributed by atoms with Gasteiger partial charge in [-0.15, -0.1) is 0 Å². The predicted molar refractivity (Wildman–Crippen MR) is 14.7 cm³/mol. The normalized spacial score (nSPS) is 7.83. The van der Waals surface area contributed by atoms with Crippen molar-refractivity contribution >= 4 is 5.97 Å². The average molecular weight is 261 g/mol. The summed E-state index contributed by atoms with van der Waals surface area (Å²) in [6.45, 7) is -0.719. The van der Waals surface area contributed by atoms with E-state index in [1.54, 1.807) is 0 Å². The average Bonchev–Trinajstić information content (AvgIpc) is 1.65. The van der Waals surface area contributed by atoms with Crippen molar-refractivity contribution in [3.8, 4) is 0 Å². The molecule has 0 aliphatic carbocycles. The number of aliphatic hydroxyl groups excluding tert-OH is 1. The number of carbonyl (C=O) groups is 1. The van der Waals surface area contributed by atoms with E-state index in [4.69, 9.17) is 6.54 Å². The van der Waals surface area contributed by atoms with Crippen molar-refractivity contribution in [2.45, 2.75) is 0 Å². The molecular formula is C2H4O3W. The van der Waals surface area contributed by atoms with Gasteiger partial charge in [0, 0.05) is 21.1 Å². The van der Waals surface area contributed by atoms with Gasteiger partial charge in [0.25, 0.3) is 1.43 Å². The molecule has 0 saturated heterocycles. The fourth-order valence-corrected chi connectivity index (χ4v) is 0. The molecule has 3 nitrogen and oxygen atoms in total. The molecule has 0 amide bonds. The molecular weight excluding hydrogens is 256 g/mol. The predicted octanol–water partition coefficient (Wildman–Crippen LogP) is -0.939. The molecule has 0 aliphatic rings. The molecule has 0 bridgehead atoms. The minimum Gasteiger partial charge on any atom is -0.480 e. The van der Waals surface area contributed by atoms with E-state index in [-0.39, 0.29) is 21.1 Å². The first-order valence-corrected chi connectivity index (χ1v) is 1.08. The Morgan fingerprint density at radius 3 is 2.50 bits per heavy atom. The fraction of sp³-hybridized carbons (Fsp3) is 0.500. The van der Waals surface area contributed by atoms with Gasteiger partial charge in [0.2, 0.25) is 0 Å². The molecule has 0 aromatic rings. The minimum atomic E-state index is -0.935. The maximum atomic E-state index is 9.52. The number of aliphatic carboxylic acids is 1. The van der Waals surface area contributed by atoms with Gasteiger partial charge < -0.3 is 10.2 Å². The van der Waals surface area contributed by atoms with Crippen molar-refractivity contribution < 1.29 is 36.1 Å². The van der Waals surface area contributed by atoms with Crippen LogP contribution in [0.4, 0.5) is 0 Å². The number of rotatable bonds is 1. The Labute approximate surface area is 50.7 Å². The molecule has 0 aliphatic heterocycles. The van der Waals surface area contributed by atoms with Gasteiger partial charge in [-0.1, -0.05) is 0 Å². The molecule has 0 aromatic carbocycles. The van der Waals surface area contributed by atoms with Crippen LogP contribution in [0.25, 0.3) is 1.43 Å². The summed E-state index contributed by atoms with van der Waals surface area (Å²) in [6.07, 6.45) is 0. The maximum absolute atomic E-state index is 9.52. The molecule has 0 fully saturated rings. The van der Waals surface area contributed by atoms with Crippen LogP contribution in [0.1, 0.15) is 0 Å². The van der Waals surface area contributed by atoms with E-state index in [0.717, 1.165) is 0 Å². The summed E-state index contributed by atoms with van der Waals surface area (Å²) in [4.78, 5) is 9.52. The number of carboxylic acid groups (broad SMARTS) is 1. The Kier molecular flexibility index (Phi) is 5.22. The molecule has 0 aromatic heterocycles. The van der Waals surface area contributed by atoms with Crippen molar-refractivity contribution in [2.75, 3.05) is 6.61 Å². The van der Waals surface area contributed by atoms with Gasteiger partial charge in [-0.25, -0.2) is 4.79 Å². The van der Waals surface area contributed by atoms with E-state index in [1.165, 1.54) is 0 Å². The van der Waals surface area contributed by atoms with E-state index in [1.807, 2.05) is 0 Å². The van der Waals surface area contributed by atoms with Crippen LogP contribution in [0.15, 0.2) is 0 Å². The second-order valence-electron chi connectivity index (χ2n) is 0.530. The van der Waals surface area contributed by atoms with Crippen LogP contribution in [-0.4, -0.2) is 22.8 Å². The summed E-state index contributed by atoms with van der Waals surface area (Å²) in [6, 6.07) is 0. The Balaban J connectivity index is 0. The first-order chi connectivity index (χ1) is 2.81. The largest absolute Gasteiger partial charge is 0.480 e. The number of hydrogen-bond donors (Lipinski definition) is 2. The molecule has 0 radical (unpaired) electrons. The van der Waals surface area contributed by atoms with Crippen LogP contribution in [0.3, 0.4) is 0 Å². The SMILES string of the molecule is [2H]OC(=O)CO.[W]. The van der Waals surface area contributed by atoms with Gasteiger partial charge >= 0.3 is 5.97 Å². The molecule has 0 rings (SSSR count). The van der Waals surface area contributed by atoms with Gasteiger partial charge in [-0.2, -0.15) is 0 Å². The Bertz CT molecular complexity index is 50.9. The molecule has 6 heavy (non-hydrogen) atoms. The van der Waals surface area contributed by atoms with Crippen molar-refractivity contribution in [3.63, 3.8) is 0 Å².